The molecule has 2 aromatic heterocycles. The summed E-state index contributed by atoms with van der Waals surface area (Å²) in [7, 11) is 3.36. The van der Waals surface area contributed by atoms with Gasteiger partial charge in [-0.2, -0.15) is 0 Å². The van der Waals surface area contributed by atoms with Gasteiger partial charge in [0.1, 0.15) is 11.5 Å². The van der Waals surface area contributed by atoms with Crippen molar-refractivity contribution in [3.8, 4) is 22.8 Å². The maximum absolute atomic E-state index is 5.26. The molecule has 0 aliphatic carbocycles. The number of hydrogen-bond donors (Lipinski definition) is 0. The fraction of sp³-hybridized carbons (Fsp3) is 0.136. The Labute approximate surface area is 152 Å². The van der Waals surface area contributed by atoms with Crippen molar-refractivity contribution in [1.29, 1.82) is 0 Å². The molecule has 0 aliphatic rings. The Morgan fingerprint density at radius 3 is 2.12 bits per heavy atom. The van der Waals surface area contributed by atoms with Crippen LogP contribution in [0.1, 0.15) is 5.56 Å². The van der Waals surface area contributed by atoms with Crippen LogP contribution in [0.2, 0.25) is 0 Å². The lowest BCUT2D eigenvalue weighted by Gasteiger charge is -2.11. The van der Waals surface area contributed by atoms with E-state index in [4.69, 9.17) is 9.47 Å². The summed E-state index contributed by atoms with van der Waals surface area (Å²) in [6, 6.07) is 20.4. The number of aromatic nitrogens is 2. The number of fused-ring (bicyclic) bond motifs is 1. The third-order valence-electron chi connectivity index (χ3n) is 4.55. The second kappa shape index (κ2) is 6.92. The van der Waals surface area contributed by atoms with Crippen LogP contribution in [-0.4, -0.2) is 23.8 Å². The van der Waals surface area contributed by atoms with E-state index < -0.39 is 0 Å². The third-order valence-corrected chi connectivity index (χ3v) is 4.55. The summed E-state index contributed by atoms with van der Waals surface area (Å²) in [5.74, 6) is 1.71. The zero-order chi connectivity index (χ0) is 17.9. The van der Waals surface area contributed by atoms with Crippen molar-refractivity contribution in [3.63, 3.8) is 0 Å². The second-order valence-corrected chi connectivity index (χ2v) is 6.12. The lowest BCUT2D eigenvalue weighted by Crippen LogP contribution is -2.00. The van der Waals surface area contributed by atoms with Crippen molar-refractivity contribution in [2.75, 3.05) is 14.2 Å². The van der Waals surface area contributed by atoms with Gasteiger partial charge in [-0.05, 0) is 54.1 Å². The van der Waals surface area contributed by atoms with Crippen LogP contribution >= 0.6 is 0 Å². The van der Waals surface area contributed by atoms with Crippen LogP contribution < -0.4 is 9.47 Å². The topological polar surface area (TPSA) is 36.3 Å². The van der Waals surface area contributed by atoms with Crippen molar-refractivity contribution in [3.05, 3.63) is 78.6 Å². The van der Waals surface area contributed by atoms with Crippen LogP contribution in [-0.2, 0) is 6.54 Å². The predicted octanol–water partition coefficient (Wildman–Crippen LogP) is 4.77. The molecule has 0 spiro atoms. The highest BCUT2D eigenvalue weighted by Crippen LogP contribution is 2.29. The molecule has 0 radical (unpaired) electrons. The largest absolute Gasteiger partial charge is 0.497 e. The van der Waals surface area contributed by atoms with Gasteiger partial charge in [0.05, 0.1) is 25.4 Å². The number of nitrogens with zero attached hydrogens (tertiary/aromatic N) is 2. The highest BCUT2D eigenvalue weighted by Gasteiger charge is 2.11. The van der Waals surface area contributed by atoms with Gasteiger partial charge >= 0.3 is 0 Å². The number of ether oxygens (including phenoxy) is 2. The lowest BCUT2D eigenvalue weighted by atomic mass is 10.1. The van der Waals surface area contributed by atoms with Gasteiger partial charge in [0.15, 0.2) is 0 Å². The highest BCUT2D eigenvalue weighted by atomic mass is 16.5. The summed E-state index contributed by atoms with van der Waals surface area (Å²) in [6.45, 7) is 0.780. The van der Waals surface area contributed by atoms with Crippen molar-refractivity contribution in [2.24, 2.45) is 0 Å². The Morgan fingerprint density at radius 1 is 0.808 bits per heavy atom. The van der Waals surface area contributed by atoms with Gasteiger partial charge in [0.25, 0.3) is 0 Å². The molecule has 4 nitrogen and oxygen atoms in total. The molecule has 0 saturated carbocycles. The monoisotopic (exact) mass is 344 g/mol. The van der Waals surface area contributed by atoms with E-state index in [-0.39, 0.29) is 0 Å². The summed E-state index contributed by atoms with van der Waals surface area (Å²) in [5, 5.41) is 1.18. The van der Waals surface area contributed by atoms with Gasteiger partial charge in [-0.25, -0.2) is 0 Å². The molecule has 0 unspecified atom stereocenters. The first-order valence-corrected chi connectivity index (χ1v) is 8.49. The summed E-state index contributed by atoms with van der Waals surface area (Å²) >= 11 is 0. The summed E-state index contributed by atoms with van der Waals surface area (Å²) < 4.78 is 12.7. The zero-order valence-electron chi connectivity index (χ0n) is 14.8. The normalized spacial score (nSPS) is 10.8. The van der Waals surface area contributed by atoms with Gasteiger partial charge < -0.3 is 14.0 Å². The van der Waals surface area contributed by atoms with Crippen LogP contribution in [0.5, 0.6) is 11.5 Å². The number of hydrogen-bond acceptors (Lipinski definition) is 3. The molecule has 2 heterocycles. The minimum atomic E-state index is 0.780. The van der Waals surface area contributed by atoms with Gasteiger partial charge in [-0.15, -0.1) is 0 Å². The standard InChI is InChI=1S/C22H20N2O2/c1-25-19-7-3-16(4-8-19)15-24-14-12-18-11-13-23-21(22(18)24)17-5-9-20(26-2)10-6-17/h3-14H,15H2,1-2H3. The smallest absolute Gasteiger partial charge is 0.118 e. The first-order valence-electron chi connectivity index (χ1n) is 8.49. The molecule has 4 heteroatoms. The SMILES string of the molecule is COc1ccc(Cn2ccc3ccnc(-c4ccc(OC)cc4)c32)cc1. The average Bonchev–Trinajstić information content (AvgIpc) is 3.12. The van der Waals surface area contributed by atoms with Crippen molar-refractivity contribution in [2.45, 2.75) is 6.54 Å². The van der Waals surface area contributed by atoms with Gasteiger partial charge in [-0.3, -0.25) is 4.98 Å². The summed E-state index contributed by atoms with van der Waals surface area (Å²) in [4.78, 5) is 4.65. The molecule has 0 saturated heterocycles. The first kappa shape index (κ1) is 16.2. The molecule has 2 aromatic carbocycles. The Morgan fingerprint density at radius 2 is 1.46 bits per heavy atom. The van der Waals surface area contributed by atoms with Gasteiger partial charge in [0.2, 0.25) is 0 Å². The molecule has 0 atom stereocenters. The van der Waals surface area contributed by atoms with E-state index >= 15 is 0 Å². The van der Waals surface area contributed by atoms with Crippen LogP contribution in [0.4, 0.5) is 0 Å². The van der Waals surface area contributed by atoms with E-state index in [2.05, 4.69) is 33.9 Å². The zero-order valence-corrected chi connectivity index (χ0v) is 14.8. The molecule has 4 aromatic rings. The first-order chi connectivity index (χ1) is 12.8. The predicted molar refractivity (Wildman–Crippen MR) is 104 cm³/mol. The maximum Gasteiger partial charge on any atom is 0.118 e. The molecule has 0 bridgehead atoms. The van der Waals surface area contributed by atoms with E-state index in [0.29, 0.717) is 0 Å². The van der Waals surface area contributed by atoms with Crippen LogP contribution in [0.3, 0.4) is 0 Å². The van der Waals surface area contributed by atoms with Crippen molar-refractivity contribution >= 4 is 10.9 Å². The molecule has 130 valence electrons. The minimum absolute atomic E-state index is 0.780. The maximum atomic E-state index is 5.26. The second-order valence-electron chi connectivity index (χ2n) is 6.12. The number of methoxy groups -OCH3 is 2. The summed E-state index contributed by atoms with van der Waals surface area (Å²) in [6.07, 6.45) is 3.98. The lowest BCUT2D eigenvalue weighted by molar-refractivity contribution is 0.414. The van der Waals surface area contributed by atoms with E-state index in [1.54, 1.807) is 14.2 Å². The molecule has 0 fully saturated rings. The molecule has 0 N–H and O–H groups in total. The Bertz CT molecular complexity index is 1020. The van der Waals surface area contributed by atoms with Gasteiger partial charge in [0, 0.05) is 29.9 Å². The van der Waals surface area contributed by atoms with E-state index in [0.717, 1.165) is 34.8 Å². The minimum Gasteiger partial charge on any atom is -0.497 e. The Hall–Kier alpha value is -3.27. The number of rotatable bonds is 5. The molecule has 4 rings (SSSR count). The van der Waals surface area contributed by atoms with E-state index in [1.807, 2.05) is 48.7 Å². The molecular weight excluding hydrogens is 324 g/mol. The van der Waals surface area contributed by atoms with Gasteiger partial charge in [-0.1, -0.05) is 12.1 Å². The van der Waals surface area contributed by atoms with Crippen molar-refractivity contribution in [1.82, 2.24) is 9.55 Å². The van der Waals surface area contributed by atoms with Crippen molar-refractivity contribution < 1.29 is 9.47 Å². The average molecular weight is 344 g/mol. The van der Waals surface area contributed by atoms with Crippen LogP contribution in [0.25, 0.3) is 22.2 Å². The van der Waals surface area contributed by atoms with Crippen LogP contribution in [0.15, 0.2) is 73.1 Å². The molecule has 26 heavy (non-hydrogen) atoms. The summed E-state index contributed by atoms with van der Waals surface area (Å²) in [5.41, 5.74) is 4.40. The van der Waals surface area contributed by atoms with E-state index in [1.165, 1.54) is 10.9 Å². The third kappa shape index (κ3) is 3.02. The Balaban J connectivity index is 1.75. The quantitative estimate of drug-likeness (QED) is 0.523. The number of benzene rings is 2. The highest BCUT2D eigenvalue weighted by molar-refractivity contribution is 5.92. The van der Waals surface area contributed by atoms with Crippen LogP contribution in [0, 0.1) is 0 Å². The molecule has 0 aliphatic heterocycles. The molecular formula is C22H20N2O2. The molecule has 0 amide bonds. The number of pyridine rings is 1. The van der Waals surface area contributed by atoms with E-state index in [9.17, 15) is 0 Å². The fourth-order valence-corrected chi connectivity index (χ4v) is 3.17. The Kier molecular flexibility index (Phi) is 4.32. The fourth-order valence-electron chi connectivity index (χ4n) is 3.17.